The summed E-state index contributed by atoms with van der Waals surface area (Å²) in [7, 11) is -2.52. The van der Waals surface area contributed by atoms with E-state index in [4.69, 9.17) is 19.7 Å². The van der Waals surface area contributed by atoms with Crippen molar-refractivity contribution in [1.82, 2.24) is 39.7 Å². The van der Waals surface area contributed by atoms with Crippen LogP contribution in [0.2, 0.25) is 0 Å². The minimum Gasteiger partial charge on any atom is -0.475 e. The molecule has 326 valence electrons. The standard InChI is InChI=1S/C37H49N8O7P.C2HF3O2/c1-25-19-26(20-29-23-45(40-34(25)29)24-52-53(49,50)51)21-33(36(47)43-17-15-42(16-18-43)30-9-11-41(2)12-10-30)39-37(48)44-13-7-27(8-14-44)31-22-28-5-3-4-6-32(28)38-35(31)46;3-2(4,5)1(6)7/h3-6,19-20,22-23,27,30,33H,7-18,21,24H2,1-2H3,(H,38,46)(H,39,48)(H2,49,50,51);(H,6,7)/t33-;/m1./s1. The molecule has 0 radical (unpaired) electrons. The number of rotatable bonds is 9. The molecule has 17 nitrogen and oxygen atoms in total. The number of aryl methyl sites for hydroxylation is 1. The van der Waals surface area contributed by atoms with Crippen molar-refractivity contribution in [3.05, 3.63) is 75.7 Å². The summed E-state index contributed by atoms with van der Waals surface area (Å²) < 4.78 is 48.9. The van der Waals surface area contributed by atoms with Gasteiger partial charge in [-0.2, -0.15) is 18.3 Å². The summed E-state index contributed by atoms with van der Waals surface area (Å²) in [6.07, 6.45) is 0.335. The van der Waals surface area contributed by atoms with E-state index < -0.39 is 32.7 Å². The van der Waals surface area contributed by atoms with Crippen LogP contribution < -0.4 is 10.9 Å². The second kappa shape index (κ2) is 18.8. The highest BCUT2D eigenvalue weighted by atomic mass is 31.2. The largest absolute Gasteiger partial charge is 0.490 e. The summed E-state index contributed by atoms with van der Waals surface area (Å²) in [5, 5.41) is 16.3. The van der Waals surface area contributed by atoms with E-state index in [-0.39, 0.29) is 29.8 Å². The van der Waals surface area contributed by atoms with Crippen molar-refractivity contribution >= 4 is 47.5 Å². The Balaban J connectivity index is 0.000000793. The molecule has 0 unspecified atom stereocenters. The van der Waals surface area contributed by atoms with Crippen LogP contribution in [0, 0.1) is 6.92 Å². The Bertz CT molecular complexity index is 2280. The molecule has 2 aromatic carbocycles. The molecule has 21 heteroatoms. The number of para-hydroxylation sites is 1. The van der Waals surface area contributed by atoms with Gasteiger partial charge in [0.25, 0.3) is 5.56 Å². The first-order valence-corrected chi connectivity index (χ1v) is 21.2. The summed E-state index contributed by atoms with van der Waals surface area (Å²) in [5.41, 5.74) is 3.73. The quantitative estimate of drug-likeness (QED) is 0.153. The number of likely N-dealkylation sites (tertiary alicyclic amines) is 2. The van der Waals surface area contributed by atoms with E-state index in [0.717, 1.165) is 72.0 Å². The number of carbonyl (C=O) groups is 3. The molecule has 4 aromatic rings. The molecule has 0 aliphatic carbocycles. The third-order valence-electron chi connectivity index (χ3n) is 11.4. The lowest BCUT2D eigenvalue weighted by molar-refractivity contribution is -0.192. The van der Waals surface area contributed by atoms with Crippen molar-refractivity contribution in [3.63, 3.8) is 0 Å². The number of hydrogen-bond acceptors (Lipinski definition) is 9. The van der Waals surface area contributed by atoms with Gasteiger partial charge in [0.15, 0.2) is 6.73 Å². The zero-order chi connectivity index (χ0) is 43.4. The number of carboxylic acids is 1. The van der Waals surface area contributed by atoms with Gasteiger partial charge in [-0.05, 0) is 93.4 Å². The minimum absolute atomic E-state index is 0.0217. The van der Waals surface area contributed by atoms with E-state index in [0.29, 0.717) is 50.6 Å². The first kappa shape index (κ1) is 44.7. The molecule has 3 fully saturated rings. The van der Waals surface area contributed by atoms with Crippen molar-refractivity contribution in [2.45, 2.75) is 69.9 Å². The Labute approximate surface area is 343 Å². The van der Waals surface area contributed by atoms with E-state index in [1.165, 1.54) is 4.68 Å². The minimum atomic E-state index is -5.08. The number of carboxylic acid groups (broad SMARTS) is 1. The fraction of sp³-hybridized carbons (Fsp3) is 0.513. The average molecular weight is 863 g/mol. The van der Waals surface area contributed by atoms with Crippen LogP contribution in [0.1, 0.15) is 48.3 Å². The topological polar surface area (TPSA) is 214 Å². The van der Waals surface area contributed by atoms with E-state index >= 15 is 0 Å². The Morgan fingerprint density at radius 2 is 1.60 bits per heavy atom. The molecule has 5 heterocycles. The molecule has 3 saturated heterocycles. The third-order valence-corrected chi connectivity index (χ3v) is 11.8. The van der Waals surface area contributed by atoms with Gasteiger partial charge in [0, 0.05) is 74.4 Å². The number of aliphatic carboxylic acids is 1. The van der Waals surface area contributed by atoms with Crippen LogP contribution in [0.4, 0.5) is 18.0 Å². The van der Waals surface area contributed by atoms with Gasteiger partial charge in [-0.1, -0.05) is 24.3 Å². The van der Waals surface area contributed by atoms with Crippen molar-refractivity contribution in [2.24, 2.45) is 0 Å². The van der Waals surface area contributed by atoms with Crippen LogP contribution in [0.5, 0.6) is 0 Å². The maximum atomic E-state index is 14.3. The zero-order valence-corrected chi connectivity index (χ0v) is 34.2. The lowest BCUT2D eigenvalue weighted by Gasteiger charge is -2.43. The van der Waals surface area contributed by atoms with Crippen molar-refractivity contribution < 1.29 is 51.5 Å². The summed E-state index contributed by atoms with van der Waals surface area (Å²) >= 11 is 0. The van der Waals surface area contributed by atoms with Gasteiger partial charge in [-0.25, -0.2) is 18.8 Å². The smallest absolute Gasteiger partial charge is 0.475 e. The Morgan fingerprint density at radius 3 is 2.23 bits per heavy atom. The Kier molecular flexibility index (Phi) is 14.0. The molecule has 0 saturated carbocycles. The lowest BCUT2D eigenvalue weighted by Crippen LogP contribution is -2.59. The number of carbonyl (C=O) groups excluding carboxylic acids is 2. The highest BCUT2D eigenvalue weighted by molar-refractivity contribution is 7.46. The molecule has 3 aliphatic rings. The number of H-pyrrole nitrogens is 1. The predicted octanol–water partition coefficient (Wildman–Crippen LogP) is 3.63. The van der Waals surface area contributed by atoms with Gasteiger partial charge < -0.3 is 39.9 Å². The van der Waals surface area contributed by atoms with Crippen LogP contribution >= 0.6 is 7.82 Å². The molecule has 3 aliphatic heterocycles. The molecule has 1 atom stereocenters. The van der Waals surface area contributed by atoms with Gasteiger partial charge >= 0.3 is 26.0 Å². The molecule has 7 rings (SSSR count). The van der Waals surface area contributed by atoms with Gasteiger partial charge in [-0.15, -0.1) is 0 Å². The molecular weight excluding hydrogens is 812 g/mol. The molecule has 5 N–H and O–H groups in total. The number of halogens is 3. The maximum absolute atomic E-state index is 14.3. The Hall–Kier alpha value is -4.85. The summed E-state index contributed by atoms with van der Waals surface area (Å²) in [5.74, 6) is -2.86. The number of nitrogens with one attached hydrogen (secondary N) is 2. The number of benzene rings is 2. The lowest BCUT2D eigenvalue weighted by atomic mass is 9.89. The zero-order valence-electron chi connectivity index (χ0n) is 33.3. The number of pyridine rings is 1. The number of piperidine rings is 2. The molecule has 60 heavy (non-hydrogen) atoms. The van der Waals surface area contributed by atoms with Gasteiger partial charge in [0.05, 0.1) is 5.52 Å². The molecule has 2 aromatic heterocycles. The first-order chi connectivity index (χ1) is 28.3. The number of phosphoric acid groups is 1. The van der Waals surface area contributed by atoms with Crippen LogP contribution in [0.25, 0.3) is 21.8 Å². The van der Waals surface area contributed by atoms with Crippen molar-refractivity contribution in [2.75, 3.05) is 59.4 Å². The van der Waals surface area contributed by atoms with Crippen LogP contribution in [-0.4, -0.2) is 145 Å². The van der Waals surface area contributed by atoms with Gasteiger partial charge in [0.1, 0.15) is 6.04 Å². The van der Waals surface area contributed by atoms with Crippen molar-refractivity contribution in [3.8, 4) is 0 Å². The number of amides is 3. The normalized spacial score (nSPS) is 18.3. The van der Waals surface area contributed by atoms with Crippen LogP contribution in [0.15, 0.2) is 53.5 Å². The highest BCUT2D eigenvalue weighted by Crippen LogP contribution is 2.36. The number of aromatic nitrogens is 3. The van der Waals surface area contributed by atoms with Crippen LogP contribution in [0.3, 0.4) is 0 Å². The fourth-order valence-corrected chi connectivity index (χ4v) is 8.45. The summed E-state index contributed by atoms with van der Waals surface area (Å²) in [4.78, 5) is 79.7. The third kappa shape index (κ3) is 11.5. The highest BCUT2D eigenvalue weighted by Gasteiger charge is 2.38. The fourth-order valence-electron chi connectivity index (χ4n) is 8.18. The number of piperazine rings is 1. The number of fused-ring (bicyclic) bond motifs is 2. The number of hydrogen-bond donors (Lipinski definition) is 5. The molecular formula is C39H50F3N8O9P. The van der Waals surface area contributed by atoms with Gasteiger partial charge in [0.2, 0.25) is 5.91 Å². The molecule has 3 amide bonds. The van der Waals surface area contributed by atoms with E-state index in [1.54, 1.807) is 11.1 Å². The van der Waals surface area contributed by atoms with Crippen LogP contribution in [-0.2, 0) is 31.8 Å². The van der Waals surface area contributed by atoms with E-state index in [1.807, 2.05) is 54.3 Å². The summed E-state index contributed by atoms with van der Waals surface area (Å²) in [6, 6.07) is 12.9. The molecule has 0 spiro atoms. The number of urea groups is 1. The first-order valence-electron chi connectivity index (χ1n) is 19.7. The second-order valence-corrected chi connectivity index (χ2v) is 16.8. The number of aromatic amines is 1. The summed E-state index contributed by atoms with van der Waals surface area (Å²) in [6.45, 7) is 7.31. The number of phosphoric ester groups is 1. The SMILES string of the molecule is Cc1cc(C[C@@H](NC(=O)N2CCC(c3cc4ccccc4[nH]c3=O)CC2)C(=O)N2CCN(C3CCN(C)CC3)CC2)cc2cn(COP(=O)(O)O)nc12.O=C(O)C(F)(F)F. The van der Waals surface area contributed by atoms with Crippen molar-refractivity contribution in [1.29, 1.82) is 0 Å². The van der Waals surface area contributed by atoms with E-state index in [9.17, 15) is 32.1 Å². The predicted molar refractivity (Wildman–Crippen MR) is 214 cm³/mol. The Morgan fingerprint density at radius 1 is 0.950 bits per heavy atom. The second-order valence-electron chi connectivity index (χ2n) is 15.6. The number of alkyl halides is 3. The maximum Gasteiger partial charge on any atom is 0.490 e. The molecule has 0 bridgehead atoms. The number of nitrogens with zero attached hydrogens (tertiary/aromatic N) is 6. The van der Waals surface area contributed by atoms with E-state index in [2.05, 4.69) is 36.8 Å². The van der Waals surface area contributed by atoms with Gasteiger partial charge in [-0.3, -0.25) is 19.0 Å². The monoisotopic (exact) mass is 862 g/mol. The average Bonchev–Trinajstić information content (AvgIpc) is 3.63.